The van der Waals surface area contributed by atoms with E-state index < -0.39 is 0 Å². The number of aliphatic hydroxyl groups excluding tert-OH is 1. The predicted octanol–water partition coefficient (Wildman–Crippen LogP) is 0.669. The number of hydrogen-bond donors (Lipinski definition) is 2. The zero-order valence-electron chi connectivity index (χ0n) is 9.07. The Balaban J connectivity index is 2.30. The van der Waals surface area contributed by atoms with Gasteiger partial charge in [-0.25, -0.2) is 4.98 Å². The predicted molar refractivity (Wildman–Crippen MR) is 55.8 cm³/mol. The molecule has 0 saturated carbocycles. The molecule has 4 heteroatoms. The van der Waals surface area contributed by atoms with E-state index >= 15 is 0 Å². The van der Waals surface area contributed by atoms with Crippen molar-refractivity contribution < 1.29 is 5.11 Å². The van der Waals surface area contributed by atoms with Gasteiger partial charge in [-0.15, -0.1) is 0 Å². The summed E-state index contributed by atoms with van der Waals surface area (Å²) in [7, 11) is 1.98. The van der Waals surface area contributed by atoms with E-state index in [4.69, 9.17) is 0 Å². The number of hydrogen-bond acceptors (Lipinski definition) is 3. The molecule has 1 aromatic heterocycles. The van der Waals surface area contributed by atoms with Crippen molar-refractivity contribution in [2.75, 3.05) is 0 Å². The molecule has 14 heavy (non-hydrogen) atoms. The van der Waals surface area contributed by atoms with Gasteiger partial charge in [0.2, 0.25) is 0 Å². The summed E-state index contributed by atoms with van der Waals surface area (Å²) in [5, 5.41) is 12.5. The second kappa shape index (κ2) is 5.12. The number of aromatic nitrogens is 2. The molecule has 2 unspecified atom stereocenters. The first-order valence-electron chi connectivity index (χ1n) is 4.96. The van der Waals surface area contributed by atoms with Gasteiger partial charge >= 0.3 is 0 Å². The number of imidazole rings is 1. The summed E-state index contributed by atoms with van der Waals surface area (Å²) < 4.78 is 1.99. The van der Waals surface area contributed by atoms with Gasteiger partial charge < -0.3 is 15.0 Å². The molecule has 1 rings (SSSR count). The van der Waals surface area contributed by atoms with Crippen molar-refractivity contribution in [1.82, 2.24) is 14.9 Å². The number of aryl methyl sites for hydroxylation is 1. The quantitative estimate of drug-likeness (QED) is 0.729. The average Bonchev–Trinajstić information content (AvgIpc) is 2.46. The first kappa shape index (κ1) is 11.2. The molecule has 80 valence electrons. The molecule has 4 nitrogen and oxygen atoms in total. The van der Waals surface area contributed by atoms with Gasteiger partial charge in [0.25, 0.3) is 0 Å². The monoisotopic (exact) mass is 197 g/mol. The van der Waals surface area contributed by atoms with E-state index in [1.54, 1.807) is 6.33 Å². The van der Waals surface area contributed by atoms with E-state index in [1.807, 2.05) is 24.7 Å². The second-order valence-corrected chi connectivity index (χ2v) is 3.86. The molecule has 0 aliphatic heterocycles. The van der Waals surface area contributed by atoms with Crippen molar-refractivity contribution in [3.8, 4) is 0 Å². The molecule has 0 saturated heterocycles. The molecule has 0 bridgehead atoms. The standard InChI is InChI=1S/C10H19N3O/c1-8(4-9(2)14)12-6-10-5-11-7-13(10)3/h5,7-9,12,14H,4,6H2,1-3H3. The Morgan fingerprint density at radius 1 is 1.57 bits per heavy atom. The van der Waals surface area contributed by atoms with Gasteiger partial charge in [0.05, 0.1) is 18.1 Å². The van der Waals surface area contributed by atoms with E-state index in [0.29, 0.717) is 6.04 Å². The van der Waals surface area contributed by atoms with Gasteiger partial charge in [0.15, 0.2) is 0 Å². The molecule has 0 fully saturated rings. The molecule has 0 aliphatic carbocycles. The van der Waals surface area contributed by atoms with Crippen LogP contribution in [-0.2, 0) is 13.6 Å². The third-order valence-corrected chi connectivity index (χ3v) is 2.24. The van der Waals surface area contributed by atoms with Crippen LogP contribution in [0.3, 0.4) is 0 Å². The highest BCUT2D eigenvalue weighted by atomic mass is 16.3. The highest BCUT2D eigenvalue weighted by Crippen LogP contribution is 2.00. The highest BCUT2D eigenvalue weighted by molar-refractivity contribution is 4.96. The fourth-order valence-corrected chi connectivity index (χ4v) is 1.43. The van der Waals surface area contributed by atoms with Crippen molar-refractivity contribution in [2.45, 2.75) is 39.0 Å². The maximum atomic E-state index is 9.18. The average molecular weight is 197 g/mol. The molecule has 0 spiro atoms. The van der Waals surface area contributed by atoms with Crippen LogP contribution in [0.4, 0.5) is 0 Å². The van der Waals surface area contributed by atoms with Crippen molar-refractivity contribution in [2.24, 2.45) is 7.05 Å². The van der Waals surface area contributed by atoms with Crippen molar-refractivity contribution in [3.63, 3.8) is 0 Å². The van der Waals surface area contributed by atoms with Crippen LogP contribution in [0.25, 0.3) is 0 Å². The number of nitrogens with one attached hydrogen (secondary N) is 1. The van der Waals surface area contributed by atoms with Crippen molar-refractivity contribution in [3.05, 3.63) is 18.2 Å². The summed E-state index contributed by atoms with van der Waals surface area (Å²) >= 11 is 0. The topological polar surface area (TPSA) is 50.1 Å². The fraction of sp³-hybridized carbons (Fsp3) is 0.700. The molecule has 0 amide bonds. The van der Waals surface area contributed by atoms with Crippen LogP contribution < -0.4 is 5.32 Å². The fourth-order valence-electron chi connectivity index (χ4n) is 1.43. The summed E-state index contributed by atoms with van der Waals surface area (Å²) in [5.41, 5.74) is 1.16. The molecule has 0 radical (unpaired) electrons. The Labute approximate surface area is 85.0 Å². The smallest absolute Gasteiger partial charge is 0.0945 e. The molecule has 2 atom stereocenters. The third kappa shape index (κ3) is 3.47. The third-order valence-electron chi connectivity index (χ3n) is 2.24. The summed E-state index contributed by atoms with van der Waals surface area (Å²) in [6, 6.07) is 0.324. The molecule has 1 heterocycles. The van der Waals surface area contributed by atoms with Gasteiger partial charge in [-0.1, -0.05) is 0 Å². The largest absolute Gasteiger partial charge is 0.393 e. The normalized spacial score (nSPS) is 15.4. The lowest BCUT2D eigenvalue weighted by Crippen LogP contribution is -2.29. The van der Waals surface area contributed by atoms with Gasteiger partial charge in [-0.2, -0.15) is 0 Å². The minimum absolute atomic E-state index is 0.246. The summed E-state index contributed by atoms with van der Waals surface area (Å²) in [6.45, 7) is 4.68. The van der Waals surface area contributed by atoms with Gasteiger partial charge in [0.1, 0.15) is 0 Å². The molecule has 1 aromatic rings. The lowest BCUT2D eigenvalue weighted by molar-refractivity contribution is 0.170. The first-order valence-corrected chi connectivity index (χ1v) is 4.96. The Morgan fingerprint density at radius 2 is 2.29 bits per heavy atom. The molecular weight excluding hydrogens is 178 g/mol. The van der Waals surface area contributed by atoms with E-state index in [0.717, 1.165) is 18.7 Å². The minimum atomic E-state index is -0.246. The van der Waals surface area contributed by atoms with E-state index in [9.17, 15) is 5.11 Å². The summed E-state index contributed by atoms with van der Waals surface area (Å²) in [4.78, 5) is 4.03. The van der Waals surface area contributed by atoms with E-state index in [2.05, 4.69) is 17.2 Å². The van der Waals surface area contributed by atoms with Crippen LogP contribution >= 0.6 is 0 Å². The SMILES string of the molecule is CC(O)CC(C)NCc1cncn1C. The second-order valence-electron chi connectivity index (χ2n) is 3.86. The Kier molecular flexibility index (Phi) is 4.10. The molecular formula is C10H19N3O. The Morgan fingerprint density at radius 3 is 2.79 bits per heavy atom. The number of aliphatic hydroxyl groups is 1. The first-order chi connectivity index (χ1) is 6.59. The molecule has 0 aliphatic rings. The van der Waals surface area contributed by atoms with E-state index in [-0.39, 0.29) is 6.10 Å². The van der Waals surface area contributed by atoms with E-state index in [1.165, 1.54) is 0 Å². The van der Waals surface area contributed by atoms with Crippen LogP contribution in [0, 0.1) is 0 Å². The lowest BCUT2D eigenvalue weighted by atomic mass is 10.1. The lowest BCUT2D eigenvalue weighted by Gasteiger charge is -2.15. The van der Waals surface area contributed by atoms with Crippen LogP contribution in [0.1, 0.15) is 26.0 Å². The summed E-state index contributed by atoms with van der Waals surface area (Å²) in [6.07, 6.45) is 4.17. The number of rotatable bonds is 5. The van der Waals surface area contributed by atoms with Gasteiger partial charge in [0, 0.05) is 25.8 Å². The van der Waals surface area contributed by atoms with Gasteiger partial charge in [-0.3, -0.25) is 0 Å². The van der Waals surface area contributed by atoms with Crippen molar-refractivity contribution in [1.29, 1.82) is 0 Å². The van der Waals surface area contributed by atoms with Gasteiger partial charge in [-0.05, 0) is 20.3 Å². The maximum Gasteiger partial charge on any atom is 0.0945 e. The van der Waals surface area contributed by atoms with Crippen molar-refractivity contribution >= 4 is 0 Å². The Hall–Kier alpha value is -0.870. The molecule has 2 N–H and O–H groups in total. The molecule has 0 aromatic carbocycles. The van der Waals surface area contributed by atoms with Crippen LogP contribution in [0.5, 0.6) is 0 Å². The summed E-state index contributed by atoms with van der Waals surface area (Å²) in [5.74, 6) is 0. The zero-order valence-corrected chi connectivity index (χ0v) is 9.07. The highest BCUT2D eigenvalue weighted by Gasteiger charge is 2.06. The van der Waals surface area contributed by atoms with Crippen LogP contribution in [-0.4, -0.2) is 26.8 Å². The Bertz CT molecular complexity index is 270. The minimum Gasteiger partial charge on any atom is -0.393 e. The number of nitrogens with zero attached hydrogens (tertiary/aromatic N) is 2. The maximum absolute atomic E-state index is 9.18. The van der Waals surface area contributed by atoms with Crippen LogP contribution in [0.2, 0.25) is 0 Å². The van der Waals surface area contributed by atoms with Crippen LogP contribution in [0.15, 0.2) is 12.5 Å². The zero-order chi connectivity index (χ0) is 10.6.